The molecule has 2 heterocycles. The van der Waals surface area contributed by atoms with Crippen molar-refractivity contribution in [2.45, 2.75) is 31.7 Å². The van der Waals surface area contributed by atoms with E-state index in [2.05, 4.69) is 38.0 Å². The lowest BCUT2D eigenvalue weighted by Gasteiger charge is -2.16. The number of aryl methyl sites for hydroxylation is 1. The molecule has 0 spiro atoms. The third-order valence-electron chi connectivity index (χ3n) is 3.83. The highest BCUT2D eigenvalue weighted by atomic mass is 127. The zero-order chi connectivity index (χ0) is 15.2. The van der Waals surface area contributed by atoms with Gasteiger partial charge in [0.15, 0.2) is 11.6 Å². The molecule has 2 N–H and O–H groups in total. The minimum Gasteiger partial charge on any atom is -0.356 e. The summed E-state index contributed by atoms with van der Waals surface area (Å²) in [5, 5.41) is 15.2. The molecule has 23 heavy (non-hydrogen) atoms. The molecule has 2 aromatic heterocycles. The van der Waals surface area contributed by atoms with E-state index in [1.54, 1.807) is 0 Å². The lowest BCUT2D eigenvalue weighted by atomic mass is 10.2. The van der Waals surface area contributed by atoms with Crippen LogP contribution in [0.4, 0.5) is 0 Å². The van der Waals surface area contributed by atoms with Crippen LogP contribution < -0.4 is 10.6 Å². The Bertz CT molecular complexity index is 670. The Hall–Kier alpha value is -1.64. The van der Waals surface area contributed by atoms with Crippen LogP contribution in [-0.2, 0) is 6.42 Å². The average molecular weight is 426 g/mol. The van der Waals surface area contributed by atoms with Crippen LogP contribution in [0.2, 0.25) is 0 Å². The fourth-order valence-corrected chi connectivity index (χ4v) is 2.64. The lowest BCUT2D eigenvalue weighted by molar-refractivity contribution is 0.626. The summed E-state index contributed by atoms with van der Waals surface area (Å²) in [5.41, 5.74) is 0.900. The van der Waals surface area contributed by atoms with E-state index in [0.717, 1.165) is 49.7 Å². The Morgan fingerprint density at radius 1 is 1.30 bits per heavy atom. The third kappa shape index (κ3) is 4.66. The minimum atomic E-state index is 0. The van der Waals surface area contributed by atoms with Gasteiger partial charge in [-0.1, -0.05) is 18.2 Å². The third-order valence-corrected chi connectivity index (χ3v) is 3.83. The van der Waals surface area contributed by atoms with Crippen molar-refractivity contribution in [1.82, 2.24) is 25.2 Å². The molecule has 6 nitrogen and oxygen atoms in total. The average Bonchev–Trinajstić information content (AvgIpc) is 3.20. The number of guanidine groups is 1. The van der Waals surface area contributed by atoms with Gasteiger partial charge in [0, 0.05) is 32.3 Å². The van der Waals surface area contributed by atoms with Gasteiger partial charge >= 0.3 is 0 Å². The zero-order valence-electron chi connectivity index (χ0n) is 13.3. The Morgan fingerprint density at radius 3 is 2.91 bits per heavy atom. The molecule has 2 aromatic rings. The largest absolute Gasteiger partial charge is 0.356 e. The van der Waals surface area contributed by atoms with E-state index in [-0.39, 0.29) is 24.0 Å². The minimum absolute atomic E-state index is 0. The number of aromatic nitrogens is 3. The van der Waals surface area contributed by atoms with Crippen LogP contribution in [0.3, 0.4) is 0 Å². The molecule has 0 aromatic carbocycles. The van der Waals surface area contributed by atoms with Crippen LogP contribution >= 0.6 is 24.0 Å². The number of hydrogen-bond donors (Lipinski definition) is 2. The molecule has 0 aliphatic heterocycles. The monoisotopic (exact) mass is 426 g/mol. The molecule has 0 saturated carbocycles. The van der Waals surface area contributed by atoms with Crippen LogP contribution in [0.25, 0.3) is 5.65 Å². The summed E-state index contributed by atoms with van der Waals surface area (Å²) in [6.45, 7) is 0.863. The highest BCUT2D eigenvalue weighted by molar-refractivity contribution is 14.0. The molecule has 3 rings (SSSR count). The highest BCUT2D eigenvalue weighted by Gasteiger charge is 2.11. The van der Waals surface area contributed by atoms with Crippen LogP contribution in [0, 0.1) is 0 Å². The number of aliphatic imine (C=N–C) groups is 1. The number of pyridine rings is 1. The van der Waals surface area contributed by atoms with E-state index in [0.29, 0.717) is 6.04 Å². The van der Waals surface area contributed by atoms with Crippen molar-refractivity contribution in [3.8, 4) is 0 Å². The van der Waals surface area contributed by atoms with Gasteiger partial charge in [0.25, 0.3) is 0 Å². The summed E-state index contributed by atoms with van der Waals surface area (Å²) < 4.78 is 2.04. The Morgan fingerprint density at radius 2 is 2.13 bits per heavy atom. The maximum atomic E-state index is 4.27. The summed E-state index contributed by atoms with van der Waals surface area (Å²) in [6.07, 6.45) is 10.5. The molecule has 0 unspecified atom stereocenters. The number of rotatable bonds is 5. The zero-order valence-corrected chi connectivity index (χ0v) is 15.6. The van der Waals surface area contributed by atoms with Crippen molar-refractivity contribution in [1.29, 1.82) is 0 Å². The summed E-state index contributed by atoms with van der Waals surface area (Å²) in [4.78, 5) is 4.27. The summed E-state index contributed by atoms with van der Waals surface area (Å²) in [6, 6.07) is 6.42. The number of halogens is 1. The number of hydrogen-bond acceptors (Lipinski definition) is 3. The second-order valence-electron chi connectivity index (χ2n) is 5.43. The summed E-state index contributed by atoms with van der Waals surface area (Å²) >= 11 is 0. The van der Waals surface area contributed by atoms with Gasteiger partial charge in [-0.3, -0.25) is 9.39 Å². The van der Waals surface area contributed by atoms with Gasteiger partial charge in [-0.15, -0.1) is 34.2 Å². The van der Waals surface area contributed by atoms with Crippen LogP contribution in [0.15, 0.2) is 41.5 Å². The quantitative estimate of drug-likeness (QED) is 0.253. The van der Waals surface area contributed by atoms with Crippen molar-refractivity contribution >= 4 is 35.6 Å². The molecule has 1 aliphatic carbocycles. The molecule has 0 saturated heterocycles. The summed E-state index contributed by atoms with van der Waals surface area (Å²) in [7, 11) is 1.81. The predicted octanol–water partition coefficient (Wildman–Crippen LogP) is 2.16. The summed E-state index contributed by atoms with van der Waals surface area (Å²) in [5.74, 6) is 1.88. The maximum Gasteiger partial charge on any atom is 0.191 e. The molecular weight excluding hydrogens is 403 g/mol. The van der Waals surface area contributed by atoms with E-state index in [9.17, 15) is 0 Å². The van der Waals surface area contributed by atoms with Crippen molar-refractivity contribution in [2.24, 2.45) is 4.99 Å². The van der Waals surface area contributed by atoms with Crippen LogP contribution in [0.1, 0.15) is 25.1 Å². The first-order valence-corrected chi connectivity index (χ1v) is 7.77. The molecule has 0 radical (unpaired) electrons. The molecule has 0 bridgehead atoms. The second kappa shape index (κ2) is 8.85. The van der Waals surface area contributed by atoms with Gasteiger partial charge in [0.05, 0.1) is 0 Å². The van der Waals surface area contributed by atoms with Crippen molar-refractivity contribution in [3.05, 3.63) is 42.4 Å². The van der Waals surface area contributed by atoms with E-state index < -0.39 is 0 Å². The first-order chi connectivity index (χ1) is 10.9. The topological polar surface area (TPSA) is 66.6 Å². The van der Waals surface area contributed by atoms with Gasteiger partial charge in [0.1, 0.15) is 5.82 Å². The van der Waals surface area contributed by atoms with E-state index >= 15 is 0 Å². The van der Waals surface area contributed by atoms with Crippen LogP contribution in [0.5, 0.6) is 0 Å². The standard InChI is InChI=1S/C16H22N6.HI/c1-17-16(19-13-7-2-3-8-13)18-11-6-10-15-21-20-14-9-4-5-12-22(14)15;/h2-5,9,12-13H,6-8,10-11H2,1H3,(H2,17,18,19);1H. The molecule has 1 aliphatic rings. The van der Waals surface area contributed by atoms with E-state index in [1.165, 1.54) is 0 Å². The molecule has 0 atom stereocenters. The molecule has 0 amide bonds. The molecule has 7 heteroatoms. The number of nitrogens with one attached hydrogen (secondary N) is 2. The molecule has 124 valence electrons. The fraction of sp³-hybridized carbons (Fsp3) is 0.438. The first kappa shape index (κ1) is 17.7. The van der Waals surface area contributed by atoms with Gasteiger partial charge < -0.3 is 10.6 Å². The van der Waals surface area contributed by atoms with Gasteiger partial charge in [0.2, 0.25) is 0 Å². The Kier molecular flexibility index (Phi) is 6.82. The number of fused-ring (bicyclic) bond motifs is 1. The fourth-order valence-electron chi connectivity index (χ4n) is 2.64. The number of nitrogens with zero attached hydrogens (tertiary/aromatic N) is 4. The van der Waals surface area contributed by atoms with Gasteiger partial charge in [-0.25, -0.2) is 0 Å². The highest BCUT2D eigenvalue weighted by Crippen LogP contribution is 2.08. The van der Waals surface area contributed by atoms with E-state index in [4.69, 9.17) is 0 Å². The SMILES string of the molecule is CN=C(NCCCc1nnc2ccccn12)NC1CC=CC1.I. The second-order valence-corrected chi connectivity index (χ2v) is 5.43. The smallest absolute Gasteiger partial charge is 0.191 e. The lowest BCUT2D eigenvalue weighted by Crippen LogP contribution is -2.42. The van der Waals surface area contributed by atoms with Gasteiger partial charge in [-0.05, 0) is 31.4 Å². The molecule has 0 fully saturated rings. The van der Waals surface area contributed by atoms with Crippen molar-refractivity contribution < 1.29 is 0 Å². The Balaban J connectivity index is 0.00000192. The first-order valence-electron chi connectivity index (χ1n) is 7.77. The van der Waals surface area contributed by atoms with Crippen molar-refractivity contribution in [2.75, 3.05) is 13.6 Å². The van der Waals surface area contributed by atoms with Crippen molar-refractivity contribution in [3.63, 3.8) is 0 Å². The predicted molar refractivity (Wildman–Crippen MR) is 103 cm³/mol. The maximum absolute atomic E-state index is 4.27. The van der Waals surface area contributed by atoms with Gasteiger partial charge in [-0.2, -0.15) is 0 Å². The molecular formula is C16H23IN6. The van der Waals surface area contributed by atoms with E-state index in [1.807, 2.05) is 35.8 Å². The van der Waals surface area contributed by atoms with Crippen LogP contribution in [-0.4, -0.2) is 40.2 Å². The Labute approximate surface area is 153 Å². The normalized spacial score (nSPS) is 14.9.